The number of hydrogen-bond donors (Lipinski definition) is 0. The van der Waals surface area contributed by atoms with Gasteiger partial charge in [-0.25, -0.2) is 9.18 Å². The van der Waals surface area contributed by atoms with E-state index >= 15 is 0 Å². The van der Waals surface area contributed by atoms with Gasteiger partial charge in [0, 0.05) is 5.56 Å². The first-order valence-electron chi connectivity index (χ1n) is 7.21. The van der Waals surface area contributed by atoms with Gasteiger partial charge in [0.2, 0.25) is 0 Å². The normalized spacial score (nSPS) is 10.8. The first-order chi connectivity index (χ1) is 11.5. The van der Waals surface area contributed by atoms with E-state index in [-0.39, 0.29) is 12.2 Å². The molecule has 0 aromatic heterocycles. The van der Waals surface area contributed by atoms with Crippen LogP contribution in [0, 0.1) is 24.1 Å². The fourth-order valence-corrected chi connectivity index (χ4v) is 2.05. The molecule has 0 radical (unpaired) electrons. The molecule has 2 rings (SSSR count). The number of esters is 1. The van der Waals surface area contributed by atoms with Crippen molar-refractivity contribution in [1.29, 1.82) is 5.26 Å². The van der Waals surface area contributed by atoms with E-state index in [0.29, 0.717) is 11.3 Å². The molecule has 0 N–H and O–H groups in total. The number of carbonyl (C=O) groups is 1. The van der Waals surface area contributed by atoms with Gasteiger partial charge in [0.1, 0.15) is 29.8 Å². The van der Waals surface area contributed by atoms with Crippen molar-refractivity contribution in [2.24, 2.45) is 0 Å². The molecule has 2 aromatic rings. The molecule has 0 amide bonds. The Labute approximate surface area is 139 Å². The Morgan fingerprint density at radius 2 is 1.96 bits per heavy atom. The fraction of sp³-hybridized carbons (Fsp3) is 0.158. The molecule has 0 fully saturated rings. The molecule has 0 aliphatic heterocycles. The largest absolute Gasteiger partial charge is 0.496 e. The van der Waals surface area contributed by atoms with Crippen molar-refractivity contribution in [1.82, 2.24) is 0 Å². The number of halogens is 1. The lowest BCUT2D eigenvalue weighted by molar-refractivity contribution is -0.139. The summed E-state index contributed by atoms with van der Waals surface area (Å²) in [6.45, 7) is 1.76. The SMILES string of the molecule is COc1ccc(F)cc1COC(=O)/C(C#N)=C/c1ccc(C)cc1. The number of nitrogens with zero attached hydrogens (tertiary/aromatic N) is 1. The van der Waals surface area contributed by atoms with Crippen LogP contribution in [-0.2, 0) is 16.1 Å². The van der Waals surface area contributed by atoms with Crippen LogP contribution in [-0.4, -0.2) is 13.1 Å². The van der Waals surface area contributed by atoms with Crippen molar-refractivity contribution < 1.29 is 18.7 Å². The van der Waals surface area contributed by atoms with Gasteiger partial charge in [0.05, 0.1) is 7.11 Å². The molecule has 122 valence electrons. The summed E-state index contributed by atoms with van der Waals surface area (Å²) >= 11 is 0. The first-order valence-corrected chi connectivity index (χ1v) is 7.21. The minimum atomic E-state index is -0.774. The van der Waals surface area contributed by atoms with Gasteiger partial charge in [-0.3, -0.25) is 0 Å². The molecular formula is C19H16FNO3. The Balaban J connectivity index is 2.12. The van der Waals surface area contributed by atoms with Crippen molar-refractivity contribution in [3.8, 4) is 11.8 Å². The van der Waals surface area contributed by atoms with Crippen LogP contribution in [0.1, 0.15) is 16.7 Å². The van der Waals surface area contributed by atoms with Gasteiger partial charge < -0.3 is 9.47 Å². The molecule has 0 spiro atoms. The Bertz CT molecular complexity index is 804. The molecule has 4 nitrogen and oxygen atoms in total. The highest BCUT2D eigenvalue weighted by Crippen LogP contribution is 2.20. The predicted molar refractivity (Wildman–Crippen MR) is 87.5 cm³/mol. The maximum Gasteiger partial charge on any atom is 0.349 e. The lowest BCUT2D eigenvalue weighted by Crippen LogP contribution is -2.07. The number of aryl methyl sites for hydroxylation is 1. The summed E-state index contributed by atoms with van der Waals surface area (Å²) in [5.74, 6) is -0.827. The molecule has 0 heterocycles. The highest BCUT2D eigenvalue weighted by atomic mass is 19.1. The van der Waals surface area contributed by atoms with Gasteiger partial charge in [-0.2, -0.15) is 5.26 Å². The first kappa shape index (κ1) is 17.2. The second-order valence-electron chi connectivity index (χ2n) is 5.11. The average molecular weight is 325 g/mol. The molecule has 0 atom stereocenters. The third kappa shape index (κ3) is 4.43. The molecule has 0 bridgehead atoms. The average Bonchev–Trinajstić information content (AvgIpc) is 2.59. The van der Waals surface area contributed by atoms with Crippen molar-refractivity contribution in [2.45, 2.75) is 13.5 Å². The number of rotatable bonds is 5. The zero-order chi connectivity index (χ0) is 17.5. The van der Waals surface area contributed by atoms with Crippen LogP contribution < -0.4 is 4.74 Å². The topological polar surface area (TPSA) is 59.3 Å². The third-order valence-corrected chi connectivity index (χ3v) is 3.33. The summed E-state index contributed by atoms with van der Waals surface area (Å²) in [6, 6.07) is 13.1. The van der Waals surface area contributed by atoms with Crippen LogP contribution in [0.3, 0.4) is 0 Å². The molecule has 0 unspecified atom stereocenters. The Hall–Kier alpha value is -3.13. The molecule has 0 saturated heterocycles. The zero-order valence-corrected chi connectivity index (χ0v) is 13.4. The van der Waals surface area contributed by atoms with Crippen molar-refractivity contribution in [3.05, 3.63) is 70.5 Å². The quantitative estimate of drug-likeness (QED) is 0.477. The van der Waals surface area contributed by atoms with Crippen LogP contribution >= 0.6 is 0 Å². The lowest BCUT2D eigenvalue weighted by Gasteiger charge is -2.09. The minimum Gasteiger partial charge on any atom is -0.496 e. The molecule has 0 aliphatic rings. The van der Waals surface area contributed by atoms with Crippen LogP contribution in [0.2, 0.25) is 0 Å². The highest BCUT2D eigenvalue weighted by molar-refractivity contribution is 5.97. The van der Waals surface area contributed by atoms with Gasteiger partial charge in [-0.1, -0.05) is 29.8 Å². The number of carbonyl (C=O) groups excluding carboxylic acids is 1. The number of methoxy groups -OCH3 is 1. The predicted octanol–water partition coefficient (Wildman–Crippen LogP) is 3.79. The van der Waals surface area contributed by atoms with Gasteiger partial charge in [0.25, 0.3) is 0 Å². The van der Waals surface area contributed by atoms with Gasteiger partial charge in [0.15, 0.2) is 0 Å². The summed E-state index contributed by atoms with van der Waals surface area (Å²) in [4.78, 5) is 12.1. The maximum absolute atomic E-state index is 13.3. The Kier molecular flexibility index (Phi) is 5.69. The van der Waals surface area contributed by atoms with E-state index in [1.165, 1.54) is 31.4 Å². The smallest absolute Gasteiger partial charge is 0.349 e. The van der Waals surface area contributed by atoms with Crippen LogP contribution in [0.4, 0.5) is 4.39 Å². The summed E-state index contributed by atoms with van der Waals surface area (Å²) in [5.41, 5.74) is 2.05. The minimum absolute atomic E-state index is 0.130. The van der Waals surface area contributed by atoms with E-state index in [9.17, 15) is 9.18 Å². The molecule has 0 aliphatic carbocycles. The standard InChI is InChI=1S/C19H16FNO3/c1-13-3-5-14(6-4-13)9-15(11-21)19(22)24-12-16-10-17(20)7-8-18(16)23-2/h3-10H,12H2,1-2H3/b15-9+. The second-order valence-corrected chi connectivity index (χ2v) is 5.11. The van der Waals surface area contributed by atoms with E-state index < -0.39 is 11.8 Å². The monoisotopic (exact) mass is 325 g/mol. The summed E-state index contributed by atoms with van der Waals surface area (Å²) in [6.07, 6.45) is 1.45. The molecule has 24 heavy (non-hydrogen) atoms. The van der Waals surface area contributed by atoms with Crippen LogP contribution in [0.15, 0.2) is 48.0 Å². The van der Waals surface area contributed by atoms with Crippen LogP contribution in [0.25, 0.3) is 6.08 Å². The highest BCUT2D eigenvalue weighted by Gasteiger charge is 2.13. The number of nitriles is 1. The Morgan fingerprint density at radius 3 is 2.58 bits per heavy atom. The van der Waals surface area contributed by atoms with Crippen molar-refractivity contribution >= 4 is 12.0 Å². The molecule has 5 heteroatoms. The van der Waals surface area contributed by atoms with E-state index in [1.807, 2.05) is 25.1 Å². The van der Waals surface area contributed by atoms with E-state index in [4.69, 9.17) is 14.7 Å². The lowest BCUT2D eigenvalue weighted by atomic mass is 10.1. The van der Waals surface area contributed by atoms with E-state index in [2.05, 4.69) is 0 Å². The zero-order valence-electron chi connectivity index (χ0n) is 13.4. The third-order valence-electron chi connectivity index (χ3n) is 3.33. The molecule has 2 aromatic carbocycles. The number of hydrogen-bond acceptors (Lipinski definition) is 4. The van der Waals surface area contributed by atoms with Gasteiger partial charge in [-0.15, -0.1) is 0 Å². The summed E-state index contributed by atoms with van der Waals surface area (Å²) < 4.78 is 23.5. The van der Waals surface area contributed by atoms with E-state index in [0.717, 1.165) is 11.1 Å². The molecular weight excluding hydrogens is 309 g/mol. The Morgan fingerprint density at radius 1 is 1.25 bits per heavy atom. The summed E-state index contributed by atoms with van der Waals surface area (Å²) in [5, 5.41) is 9.15. The van der Waals surface area contributed by atoms with Crippen molar-refractivity contribution in [3.63, 3.8) is 0 Å². The van der Waals surface area contributed by atoms with E-state index in [1.54, 1.807) is 12.1 Å². The summed E-state index contributed by atoms with van der Waals surface area (Å²) in [7, 11) is 1.44. The number of benzene rings is 2. The second kappa shape index (κ2) is 7.93. The van der Waals surface area contributed by atoms with Gasteiger partial charge >= 0.3 is 5.97 Å². The fourth-order valence-electron chi connectivity index (χ4n) is 2.05. The van der Waals surface area contributed by atoms with Crippen molar-refractivity contribution in [2.75, 3.05) is 7.11 Å². The molecule has 0 saturated carbocycles. The van der Waals surface area contributed by atoms with Gasteiger partial charge in [-0.05, 0) is 36.8 Å². The van der Waals surface area contributed by atoms with Crippen LogP contribution in [0.5, 0.6) is 5.75 Å². The maximum atomic E-state index is 13.3. The number of ether oxygens (including phenoxy) is 2.